The first-order valence-electron chi connectivity index (χ1n) is 5.82. The first-order chi connectivity index (χ1) is 8.13. The lowest BCUT2D eigenvalue weighted by molar-refractivity contribution is -0.147. The van der Waals surface area contributed by atoms with Gasteiger partial charge in [-0.1, -0.05) is 6.42 Å². The van der Waals surface area contributed by atoms with Crippen LogP contribution in [-0.4, -0.2) is 43.1 Å². The third-order valence-corrected chi connectivity index (χ3v) is 2.84. The summed E-state index contributed by atoms with van der Waals surface area (Å²) in [5.74, 6) is -0.00304. The maximum absolute atomic E-state index is 11.4. The van der Waals surface area contributed by atoms with Gasteiger partial charge in [0, 0.05) is 6.54 Å². The van der Waals surface area contributed by atoms with E-state index >= 15 is 0 Å². The van der Waals surface area contributed by atoms with Gasteiger partial charge in [0.25, 0.3) is 0 Å². The number of amides is 1. The van der Waals surface area contributed by atoms with E-state index in [0.29, 0.717) is 6.54 Å². The number of esters is 1. The summed E-state index contributed by atoms with van der Waals surface area (Å²) in [6, 6.07) is -1.21. The molecule has 0 bridgehead atoms. The summed E-state index contributed by atoms with van der Waals surface area (Å²) in [6.07, 6.45) is 5.18. The minimum Gasteiger partial charge on any atom is -0.464 e. The molecule has 1 unspecified atom stereocenters. The third-order valence-electron chi connectivity index (χ3n) is 2.15. The number of hydrogen-bond donors (Lipinski definition) is 2. The number of carbonyl (C=O) groups excluding carboxylic acids is 2. The molecule has 0 aromatic heterocycles. The van der Waals surface area contributed by atoms with Crippen LogP contribution < -0.4 is 11.1 Å². The lowest BCUT2D eigenvalue weighted by Crippen LogP contribution is -2.47. The van der Waals surface area contributed by atoms with Crippen molar-refractivity contribution in [3.8, 4) is 0 Å². The van der Waals surface area contributed by atoms with Gasteiger partial charge in [0.05, 0.1) is 6.61 Å². The number of ether oxygens (including phenoxy) is 1. The highest BCUT2D eigenvalue weighted by molar-refractivity contribution is 7.98. The molecule has 0 aliphatic carbocycles. The van der Waals surface area contributed by atoms with E-state index < -0.39 is 17.9 Å². The Labute approximate surface area is 107 Å². The van der Waals surface area contributed by atoms with Crippen LogP contribution in [-0.2, 0) is 14.3 Å². The Kier molecular flexibility index (Phi) is 9.95. The normalized spacial score (nSPS) is 11.9. The van der Waals surface area contributed by atoms with Gasteiger partial charge in [0.15, 0.2) is 6.04 Å². The van der Waals surface area contributed by atoms with Crippen molar-refractivity contribution < 1.29 is 14.3 Å². The quantitative estimate of drug-likeness (QED) is 0.360. The fourth-order valence-corrected chi connectivity index (χ4v) is 1.70. The number of hydrogen-bond acceptors (Lipinski definition) is 5. The summed E-state index contributed by atoms with van der Waals surface area (Å²) < 4.78 is 4.66. The van der Waals surface area contributed by atoms with Crippen LogP contribution in [0.3, 0.4) is 0 Å². The Morgan fingerprint density at radius 3 is 2.65 bits per heavy atom. The molecule has 0 aliphatic heterocycles. The zero-order valence-corrected chi connectivity index (χ0v) is 11.3. The zero-order chi connectivity index (χ0) is 13.1. The Morgan fingerprint density at radius 2 is 2.06 bits per heavy atom. The largest absolute Gasteiger partial charge is 0.464 e. The van der Waals surface area contributed by atoms with Crippen molar-refractivity contribution in [2.75, 3.05) is 25.2 Å². The van der Waals surface area contributed by atoms with Crippen LogP contribution in [0.25, 0.3) is 0 Å². The monoisotopic (exact) mass is 262 g/mol. The van der Waals surface area contributed by atoms with Gasteiger partial charge in [-0.15, -0.1) is 0 Å². The summed E-state index contributed by atoms with van der Waals surface area (Å²) in [6.45, 7) is 2.46. The third kappa shape index (κ3) is 8.04. The van der Waals surface area contributed by atoms with Gasteiger partial charge in [-0.2, -0.15) is 11.8 Å². The molecule has 100 valence electrons. The Balaban J connectivity index is 3.60. The standard InChI is InChI=1S/C11H22N2O3S/c1-3-16-11(15)9(12)10(14)13-7-5-4-6-8-17-2/h9H,3-8,12H2,1-2H3,(H,13,14). The smallest absolute Gasteiger partial charge is 0.332 e. The summed E-state index contributed by atoms with van der Waals surface area (Å²) in [4.78, 5) is 22.6. The maximum Gasteiger partial charge on any atom is 0.332 e. The van der Waals surface area contributed by atoms with Gasteiger partial charge in [-0.05, 0) is 31.8 Å². The molecule has 0 saturated heterocycles. The van der Waals surface area contributed by atoms with E-state index in [1.54, 1.807) is 6.92 Å². The van der Waals surface area contributed by atoms with E-state index in [2.05, 4.69) is 16.3 Å². The van der Waals surface area contributed by atoms with E-state index in [4.69, 9.17) is 5.73 Å². The summed E-state index contributed by atoms with van der Waals surface area (Å²) in [5.41, 5.74) is 5.42. The second-order valence-corrected chi connectivity index (χ2v) is 4.56. The molecule has 3 N–H and O–H groups in total. The summed E-state index contributed by atoms with van der Waals surface area (Å²) in [5, 5.41) is 2.63. The Bertz CT molecular complexity index is 237. The van der Waals surface area contributed by atoms with E-state index in [-0.39, 0.29) is 6.61 Å². The second-order valence-electron chi connectivity index (χ2n) is 3.57. The van der Waals surface area contributed by atoms with Crippen LogP contribution >= 0.6 is 11.8 Å². The van der Waals surface area contributed by atoms with Crippen LogP contribution in [0, 0.1) is 0 Å². The van der Waals surface area contributed by atoms with Crippen LogP contribution in [0.1, 0.15) is 26.2 Å². The molecule has 5 nitrogen and oxygen atoms in total. The van der Waals surface area contributed by atoms with E-state index in [1.807, 2.05) is 11.8 Å². The predicted octanol–water partition coefficient (Wildman–Crippen LogP) is 0.526. The van der Waals surface area contributed by atoms with Gasteiger partial charge in [-0.25, -0.2) is 4.79 Å². The average molecular weight is 262 g/mol. The fraction of sp³-hybridized carbons (Fsp3) is 0.818. The van der Waals surface area contributed by atoms with Crippen molar-refractivity contribution in [1.82, 2.24) is 5.32 Å². The van der Waals surface area contributed by atoms with Crippen LogP contribution in [0.4, 0.5) is 0 Å². The Morgan fingerprint density at radius 1 is 1.35 bits per heavy atom. The molecule has 0 saturated carbocycles. The highest BCUT2D eigenvalue weighted by Gasteiger charge is 2.22. The molecule has 1 amide bonds. The van der Waals surface area contributed by atoms with Crippen LogP contribution in [0.2, 0.25) is 0 Å². The van der Waals surface area contributed by atoms with Gasteiger partial charge in [-0.3, -0.25) is 4.79 Å². The lowest BCUT2D eigenvalue weighted by Gasteiger charge is -2.10. The fourth-order valence-electron chi connectivity index (χ4n) is 1.21. The first-order valence-corrected chi connectivity index (χ1v) is 7.21. The van der Waals surface area contributed by atoms with Crippen LogP contribution in [0.15, 0.2) is 0 Å². The van der Waals surface area contributed by atoms with Crippen molar-refractivity contribution in [3.05, 3.63) is 0 Å². The predicted molar refractivity (Wildman–Crippen MR) is 69.9 cm³/mol. The number of carbonyl (C=O) groups is 2. The van der Waals surface area contributed by atoms with Crippen molar-refractivity contribution in [2.24, 2.45) is 5.73 Å². The highest BCUT2D eigenvalue weighted by Crippen LogP contribution is 2.01. The first kappa shape index (κ1) is 16.2. The molecule has 0 fully saturated rings. The maximum atomic E-state index is 11.4. The number of thioether (sulfide) groups is 1. The summed E-state index contributed by atoms with van der Waals surface area (Å²) in [7, 11) is 0. The molecule has 6 heteroatoms. The minimum absolute atomic E-state index is 0.231. The molecule has 0 spiro atoms. The van der Waals surface area contributed by atoms with Gasteiger partial charge in [0.2, 0.25) is 5.91 Å². The van der Waals surface area contributed by atoms with E-state index in [9.17, 15) is 9.59 Å². The lowest BCUT2D eigenvalue weighted by atomic mass is 10.2. The average Bonchev–Trinajstić information content (AvgIpc) is 2.32. The van der Waals surface area contributed by atoms with Crippen molar-refractivity contribution >= 4 is 23.6 Å². The molecule has 0 aliphatic rings. The number of nitrogens with one attached hydrogen (secondary N) is 1. The topological polar surface area (TPSA) is 81.4 Å². The van der Waals surface area contributed by atoms with E-state index in [1.165, 1.54) is 0 Å². The van der Waals surface area contributed by atoms with Crippen molar-refractivity contribution in [1.29, 1.82) is 0 Å². The molecular formula is C11H22N2O3S. The summed E-state index contributed by atoms with van der Waals surface area (Å²) >= 11 is 1.81. The molecule has 0 rings (SSSR count). The molecule has 0 aromatic carbocycles. The molecular weight excluding hydrogens is 240 g/mol. The highest BCUT2D eigenvalue weighted by atomic mass is 32.2. The second kappa shape index (κ2) is 10.4. The minimum atomic E-state index is -1.21. The molecule has 0 aromatic rings. The SMILES string of the molecule is CCOC(=O)C(N)C(=O)NCCCCCSC. The Hall–Kier alpha value is -0.750. The number of nitrogens with two attached hydrogens (primary N) is 1. The van der Waals surface area contributed by atoms with Crippen LogP contribution in [0.5, 0.6) is 0 Å². The number of rotatable bonds is 9. The molecule has 1 atom stereocenters. The van der Waals surface area contributed by atoms with Gasteiger partial charge in [0.1, 0.15) is 0 Å². The zero-order valence-electron chi connectivity index (χ0n) is 10.5. The van der Waals surface area contributed by atoms with Crippen molar-refractivity contribution in [2.45, 2.75) is 32.2 Å². The van der Waals surface area contributed by atoms with Crippen molar-refractivity contribution in [3.63, 3.8) is 0 Å². The van der Waals surface area contributed by atoms with Gasteiger partial charge < -0.3 is 15.8 Å². The molecule has 17 heavy (non-hydrogen) atoms. The number of unbranched alkanes of at least 4 members (excludes halogenated alkanes) is 2. The van der Waals surface area contributed by atoms with Gasteiger partial charge >= 0.3 is 5.97 Å². The molecule has 0 heterocycles. The molecule has 0 radical (unpaired) electrons. The van der Waals surface area contributed by atoms with E-state index in [0.717, 1.165) is 25.0 Å².